The summed E-state index contributed by atoms with van der Waals surface area (Å²) in [5, 5.41) is 0. The van der Waals surface area contributed by atoms with E-state index in [-0.39, 0.29) is 24.4 Å². The number of nitrogens with two attached hydrogens (primary N) is 1. The largest absolute Gasteiger partial charge is 0.341 e. The molecule has 1 amide bonds. The van der Waals surface area contributed by atoms with E-state index in [0.29, 0.717) is 0 Å². The number of carbonyl (C=O) groups is 1. The van der Waals surface area contributed by atoms with Crippen molar-refractivity contribution in [3.63, 3.8) is 0 Å². The van der Waals surface area contributed by atoms with Gasteiger partial charge >= 0.3 is 0 Å². The molecular weight excluding hydrogens is 274 g/mol. The minimum absolute atomic E-state index is 0. The van der Waals surface area contributed by atoms with Crippen molar-refractivity contribution >= 4 is 18.3 Å². The lowest BCUT2D eigenvalue weighted by Gasteiger charge is -2.33. The molecule has 120 valence electrons. The Morgan fingerprint density at radius 3 is 2.45 bits per heavy atom. The van der Waals surface area contributed by atoms with Crippen LogP contribution >= 0.6 is 12.4 Å². The van der Waals surface area contributed by atoms with Crippen LogP contribution in [0.2, 0.25) is 0 Å². The van der Waals surface area contributed by atoms with Crippen LogP contribution in [-0.2, 0) is 4.79 Å². The molecule has 0 aromatic rings. The number of likely N-dealkylation sites (tertiary alicyclic amines) is 1. The number of piperidine rings is 1. The zero-order valence-corrected chi connectivity index (χ0v) is 14.1. The van der Waals surface area contributed by atoms with Crippen molar-refractivity contribution < 1.29 is 4.79 Å². The molecule has 0 radical (unpaired) electrons. The number of carbonyl (C=O) groups excluding carboxylic acids is 1. The lowest BCUT2D eigenvalue weighted by Crippen LogP contribution is -2.47. The van der Waals surface area contributed by atoms with E-state index in [4.69, 9.17) is 5.73 Å². The summed E-state index contributed by atoms with van der Waals surface area (Å²) < 4.78 is 0. The SMILES string of the molecule is CCCC(N)C(=O)N1CCC(CCCN(C)C)CC1.Cl. The maximum Gasteiger partial charge on any atom is 0.239 e. The van der Waals surface area contributed by atoms with Gasteiger partial charge in [-0.3, -0.25) is 4.79 Å². The molecular formula is C15H32ClN3O. The highest BCUT2D eigenvalue weighted by Gasteiger charge is 2.25. The Morgan fingerprint density at radius 1 is 1.35 bits per heavy atom. The first-order valence-corrected chi connectivity index (χ1v) is 7.73. The van der Waals surface area contributed by atoms with Gasteiger partial charge < -0.3 is 15.5 Å². The van der Waals surface area contributed by atoms with Crippen molar-refractivity contribution in [3.8, 4) is 0 Å². The first-order chi connectivity index (χ1) is 9.04. The van der Waals surface area contributed by atoms with Crippen LogP contribution in [0.25, 0.3) is 0 Å². The highest BCUT2D eigenvalue weighted by molar-refractivity contribution is 5.85. The molecule has 4 nitrogen and oxygen atoms in total. The summed E-state index contributed by atoms with van der Waals surface area (Å²) in [6.07, 6.45) is 6.65. The summed E-state index contributed by atoms with van der Waals surface area (Å²) in [4.78, 5) is 16.3. The van der Waals surface area contributed by atoms with Gasteiger partial charge in [0.2, 0.25) is 5.91 Å². The molecule has 1 atom stereocenters. The van der Waals surface area contributed by atoms with E-state index < -0.39 is 0 Å². The van der Waals surface area contributed by atoms with Crippen molar-refractivity contribution in [1.82, 2.24) is 9.80 Å². The van der Waals surface area contributed by atoms with Gasteiger partial charge in [-0.15, -0.1) is 12.4 Å². The zero-order valence-electron chi connectivity index (χ0n) is 13.3. The highest BCUT2D eigenvalue weighted by atomic mass is 35.5. The standard InChI is InChI=1S/C15H31N3O.ClH/c1-4-6-14(16)15(19)18-11-8-13(9-12-18)7-5-10-17(2)3;/h13-14H,4-12,16H2,1-3H3;1H. The van der Waals surface area contributed by atoms with E-state index >= 15 is 0 Å². The van der Waals surface area contributed by atoms with Crippen molar-refractivity contribution in [2.75, 3.05) is 33.7 Å². The lowest BCUT2D eigenvalue weighted by molar-refractivity contribution is -0.134. The lowest BCUT2D eigenvalue weighted by atomic mass is 9.91. The van der Waals surface area contributed by atoms with Gasteiger partial charge in [0.1, 0.15) is 0 Å². The van der Waals surface area contributed by atoms with Crippen molar-refractivity contribution in [1.29, 1.82) is 0 Å². The minimum Gasteiger partial charge on any atom is -0.341 e. The van der Waals surface area contributed by atoms with Crippen molar-refractivity contribution in [3.05, 3.63) is 0 Å². The second-order valence-electron chi connectivity index (χ2n) is 6.11. The van der Waals surface area contributed by atoms with E-state index in [0.717, 1.165) is 44.7 Å². The third-order valence-corrected chi connectivity index (χ3v) is 4.06. The second kappa shape index (κ2) is 10.4. The highest BCUT2D eigenvalue weighted by Crippen LogP contribution is 2.22. The van der Waals surface area contributed by atoms with Gasteiger partial charge in [0.15, 0.2) is 0 Å². The third-order valence-electron chi connectivity index (χ3n) is 4.06. The summed E-state index contributed by atoms with van der Waals surface area (Å²) >= 11 is 0. The van der Waals surface area contributed by atoms with Gasteiger partial charge in [0.25, 0.3) is 0 Å². The molecule has 20 heavy (non-hydrogen) atoms. The van der Waals surface area contributed by atoms with Gasteiger partial charge in [0, 0.05) is 13.1 Å². The number of hydrogen-bond acceptors (Lipinski definition) is 3. The Balaban J connectivity index is 0.00000361. The first-order valence-electron chi connectivity index (χ1n) is 7.73. The van der Waals surface area contributed by atoms with E-state index in [9.17, 15) is 4.79 Å². The molecule has 0 saturated carbocycles. The maximum absolute atomic E-state index is 12.1. The normalized spacial score (nSPS) is 17.9. The Labute approximate surface area is 130 Å². The van der Waals surface area contributed by atoms with Gasteiger partial charge in [0.05, 0.1) is 6.04 Å². The number of nitrogens with zero attached hydrogens (tertiary/aromatic N) is 2. The molecule has 0 aromatic carbocycles. The van der Waals surface area contributed by atoms with Crippen molar-refractivity contribution in [2.45, 2.75) is 51.5 Å². The quantitative estimate of drug-likeness (QED) is 0.784. The molecule has 1 saturated heterocycles. The van der Waals surface area contributed by atoms with Crippen LogP contribution in [0.4, 0.5) is 0 Å². The van der Waals surface area contributed by atoms with Gasteiger partial charge in [-0.1, -0.05) is 13.3 Å². The van der Waals surface area contributed by atoms with Crippen LogP contribution < -0.4 is 5.73 Å². The van der Waals surface area contributed by atoms with E-state index in [2.05, 4.69) is 25.9 Å². The third kappa shape index (κ3) is 6.91. The molecule has 0 aromatic heterocycles. The fraction of sp³-hybridized carbons (Fsp3) is 0.933. The maximum atomic E-state index is 12.1. The van der Waals surface area contributed by atoms with Crippen LogP contribution in [0.15, 0.2) is 0 Å². The van der Waals surface area contributed by atoms with Gasteiger partial charge in [-0.25, -0.2) is 0 Å². The number of amides is 1. The van der Waals surface area contributed by atoms with E-state index in [1.165, 1.54) is 19.4 Å². The number of rotatable bonds is 7. The predicted octanol–water partition coefficient (Wildman–Crippen LogP) is 2.12. The zero-order chi connectivity index (χ0) is 14.3. The molecule has 1 fully saturated rings. The Bertz CT molecular complexity index is 266. The smallest absolute Gasteiger partial charge is 0.239 e. The second-order valence-corrected chi connectivity index (χ2v) is 6.11. The first kappa shape index (κ1) is 19.7. The average molecular weight is 306 g/mol. The Kier molecular flexibility index (Phi) is 10.2. The predicted molar refractivity (Wildman–Crippen MR) is 87.2 cm³/mol. The molecule has 1 heterocycles. The molecule has 0 aliphatic carbocycles. The minimum atomic E-state index is -0.282. The monoisotopic (exact) mass is 305 g/mol. The van der Waals surface area contributed by atoms with E-state index in [1.54, 1.807) is 0 Å². The molecule has 1 aliphatic heterocycles. The van der Waals surface area contributed by atoms with Crippen LogP contribution in [-0.4, -0.2) is 55.5 Å². The molecule has 0 spiro atoms. The average Bonchev–Trinajstić information content (AvgIpc) is 2.38. The summed E-state index contributed by atoms with van der Waals surface area (Å²) in [6.45, 7) is 5.05. The summed E-state index contributed by atoms with van der Waals surface area (Å²) in [6, 6.07) is -0.282. The molecule has 1 aliphatic rings. The van der Waals surface area contributed by atoms with Gasteiger partial charge in [-0.2, -0.15) is 0 Å². The molecule has 2 N–H and O–H groups in total. The Hall–Kier alpha value is -0.320. The number of hydrogen-bond donors (Lipinski definition) is 1. The summed E-state index contributed by atoms with van der Waals surface area (Å²) in [5.41, 5.74) is 5.91. The molecule has 1 unspecified atom stereocenters. The van der Waals surface area contributed by atoms with Crippen LogP contribution in [0, 0.1) is 5.92 Å². The molecule has 0 bridgehead atoms. The molecule has 5 heteroatoms. The fourth-order valence-corrected chi connectivity index (χ4v) is 2.81. The summed E-state index contributed by atoms with van der Waals surface area (Å²) in [5.74, 6) is 0.958. The van der Waals surface area contributed by atoms with Crippen LogP contribution in [0.3, 0.4) is 0 Å². The Morgan fingerprint density at radius 2 is 1.95 bits per heavy atom. The number of halogens is 1. The summed E-state index contributed by atoms with van der Waals surface area (Å²) in [7, 11) is 4.24. The fourth-order valence-electron chi connectivity index (χ4n) is 2.81. The van der Waals surface area contributed by atoms with Crippen LogP contribution in [0.1, 0.15) is 45.4 Å². The van der Waals surface area contributed by atoms with Gasteiger partial charge in [-0.05, 0) is 58.7 Å². The van der Waals surface area contributed by atoms with Crippen molar-refractivity contribution in [2.24, 2.45) is 11.7 Å². The van der Waals surface area contributed by atoms with E-state index in [1.807, 2.05) is 4.90 Å². The topological polar surface area (TPSA) is 49.6 Å². The van der Waals surface area contributed by atoms with Crippen LogP contribution in [0.5, 0.6) is 0 Å². The molecule has 1 rings (SSSR count).